The highest BCUT2D eigenvalue weighted by Crippen LogP contribution is 2.29. The van der Waals surface area contributed by atoms with Gasteiger partial charge in [0.15, 0.2) is 11.5 Å². The second-order valence-electron chi connectivity index (χ2n) is 5.92. The lowest BCUT2D eigenvalue weighted by Gasteiger charge is -2.37. The molecule has 0 aromatic heterocycles. The molecule has 1 aliphatic rings. The van der Waals surface area contributed by atoms with E-state index in [0.29, 0.717) is 12.1 Å². The number of methoxy groups -OCH3 is 1. The molecule has 1 aromatic rings. The molecule has 0 bridgehead atoms. The minimum Gasteiger partial charge on any atom is -0.493 e. The number of ether oxygens (including phenoxy) is 2. The smallest absolute Gasteiger partial charge is 0.161 e. The number of nitrogens with one attached hydrogen (secondary N) is 1. The highest BCUT2D eigenvalue weighted by atomic mass is 35.5. The Kier molecular flexibility index (Phi) is 8.01. The summed E-state index contributed by atoms with van der Waals surface area (Å²) in [4.78, 5) is 2.52. The quantitative estimate of drug-likeness (QED) is 0.870. The lowest BCUT2D eigenvalue weighted by atomic mass is 10.1. The van der Waals surface area contributed by atoms with Crippen LogP contribution in [0.25, 0.3) is 0 Å². The summed E-state index contributed by atoms with van der Waals surface area (Å²) in [6.07, 6.45) is 1.000. The van der Waals surface area contributed by atoms with Crippen LogP contribution in [-0.2, 0) is 6.54 Å². The van der Waals surface area contributed by atoms with E-state index < -0.39 is 0 Å². The van der Waals surface area contributed by atoms with E-state index >= 15 is 0 Å². The predicted octanol–water partition coefficient (Wildman–Crippen LogP) is 3.09. The maximum atomic E-state index is 5.80. The van der Waals surface area contributed by atoms with Gasteiger partial charge in [0.2, 0.25) is 0 Å². The van der Waals surface area contributed by atoms with Crippen LogP contribution in [0.1, 0.15) is 32.8 Å². The van der Waals surface area contributed by atoms with Crippen molar-refractivity contribution in [3.8, 4) is 11.5 Å². The van der Waals surface area contributed by atoms with Crippen molar-refractivity contribution in [2.75, 3.05) is 26.8 Å². The molecule has 0 radical (unpaired) electrons. The third kappa shape index (κ3) is 5.04. The molecule has 2 unspecified atom stereocenters. The number of nitrogens with zero attached hydrogens (tertiary/aromatic N) is 1. The highest BCUT2D eigenvalue weighted by Gasteiger charge is 2.22. The summed E-state index contributed by atoms with van der Waals surface area (Å²) in [6.45, 7) is 10.4. The lowest BCUT2D eigenvalue weighted by molar-refractivity contribution is 0.138. The lowest BCUT2D eigenvalue weighted by Crippen LogP contribution is -2.53. The van der Waals surface area contributed by atoms with Crippen molar-refractivity contribution in [3.63, 3.8) is 0 Å². The summed E-state index contributed by atoms with van der Waals surface area (Å²) in [7, 11) is 1.69. The second kappa shape index (κ2) is 9.23. The van der Waals surface area contributed by atoms with Gasteiger partial charge in [-0.05, 0) is 38.0 Å². The van der Waals surface area contributed by atoms with Crippen LogP contribution in [0, 0.1) is 0 Å². The van der Waals surface area contributed by atoms with Crippen LogP contribution in [0.3, 0.4) is 0 Å². The highest BCUT2D eigenvalue weighted by molar-refractivity contribution is 5.85. The molecule has 1 N–H and O–H groups in total. The average Bonchev–Trinajstić information content (AvgIpc) is 2.49. The third-order valence-electron chi connectivity index (χ3n) is 3.97. The van der Waals surface area contributed by atoms with Crippen molar-refractivity contribution >= 4 is 12.4 Å². The first-order chi connectivity index (χ1) is 10.1. The van der Waals surface area contributed by atoms with Gasteiger partial charge in [0.1, 0.15) is 0 Å². The Bertz CT molecular complexity index is 456. The number of piperazine rings is 1. The van der Waals surface area contributed by atoms with Gasteiger partial charge < -0.3 is 14.8 Å². The van der Waals surface area contributed by atoms with Gasteiger partial charge in [-0.25, -0.2) is 0 Å². The van der Waals surface area contributed by atoms with Gasteiger partial charge in [-0.15, -0.1) is 12.4 Å². The van der Waals surface area contributed by atoms with Gasteiger partial charge in [-0.1, -0.05) is 13.0 Å². The maximum absolute atomic E-state index is 5.80. The molecule has 2 rings (SSSR count). The molecule has 0 saturated carbocycles. The number of hydrogen-bond donors (Lipinski definition) is 1. The van der Waals surface area contributed by atoms with Crippen LogP contribution >= 0.6 is 12.4 Å². The molecule has 1 saturated heterocycles. The monoisotopic (exact) mass is 328 g/mol. The molecule has 0 spiro atoms. The van der Waals surface area contributed by atoms with Gasteiger partial charge in [0, 0.05) is 31.7 Å². The first-order valence-electron chi connectivity index (χ1n) is 7.91. The van der Waals surface area contributed by atoms with Crippen LogP contribution in [0.4, 0.5) is 0 Å². The molecular formula is C17H29ClN2O2. The van der Waals surface area contributed by atoms with E-state index in [1.165, 1.54) is 5.56 Å². The topological polar surface area (TPSA) is 33.7 Å². The van der Waals surface area contributed by atoms with E-state index in [2.05, 4.69) is 43.1 Å². The summed E-state index contributed by atoms with van der Waals surface area (Å²) < 4.78 is 11.2. The molecule has 22 heavy (non-hydrogen) atoms. The van der Waals surface area contributed by atoms with E-state index in [4.69, 9.17) is 9.47 Å². The Balaban J connectivity index is 0.00000242. The van der Waals surface area contributed by atoms with Gasteiger partial charge in [-0.3, -0.25) is 4.90 Å². The number of hydrogen-bond acceptors (Lipinski definition) is 4. The van der Waals surface area contributed by atoms with Crippen molar-refractivity contribution in [1.29, 1.82) is 0 Å². The largest absolute Gasteiger partial charge is 0.493 e. The molecule has 1 aliphatic heterocycles. The Morgan fingerprint density at radius 2 is 2.05 bits per heavy atom. The maximum Gasteiger partial charge on any atom is 0.161 e. The minimum absolute atomic E-state index is 0. The van der Waals surface area contributed by atoms with Crippen molar-refractivity contribution in [2.24, 2.45) is 0 Å². The molecule has 4 nitrogen and oxygen atoms in total. The van der Waals surface area contributed by atoms with Gasteiger partial charge in [-0.2, -0.15) is 0 Å². The van der Waals surface area contributed by atoms with Crippen LogP contribution < -0.4 is 14.8 Å². The summed E-state index contributed by atoms with van der Waals surface area (Å²) in [5.41, 5.74) is 1.28. The summed E-state index contributed by atoms with van der Waals surface area (Å²) in [6, 6.07) is 7.38. The summed E-state index contributed by atoms with van der Waals surface area (Å²) in [5, 5.41) is 3.52. The fraction of sp³-hybridized carbons (Fsp3) is 0.647. The molecule has 2 atom stereocenters. The van der Waals surface area contributed by atoms with Crippen LogP contribution in [0.2, 0.25) is 0 Å². The Labute approximate surface area is 140 Å². The molecule has 126 valence electrons. The first kappa shape index (κ1) is 19.1. The zero-order chi connectivity index (χ0) is 15.2. The Hall–Kier alpha value is -0.970. The van der Waals surface area contributed by atoms with Crippen LogP contribution in [-0.4, -0.2) is 43.8 Å². The normalized spacial score (nSPS) is 22.0. The molecule has 1 heterocycles. The standard InChI is InChI=1S/C17H28N2O2.ClH/c1-5-8-21-17-9-15(6-7-16(17)20-4)12-19-11-13(2)18-10-14(19)3;/h6-7,9,13-14,18H,5,8,10-12H2,1-4H3;1H. The van der Waals surface area contributed by atoms with Crippen LogP contribution in [0.5, 0.6) is 11.5 Å². The van der Waals surface area contributed by atoms with E-state index in [1.807, 2.05) is 6.07 Å². The van der Waals surface area contributed by atoms with Gasteiger partial charge in [0.05, 0.1) is 13.7 Å². The van der Waals surface area contributed by atoms with Crippen molar-refractivity contribution < 1.29 is 9.47 Å². The molecular weight excluding hydrogens is 300 g/mol. The number of benzene rings is 1. The van der Waals surface area contributed by atoms with E-state index in [1.54, 1.807) is 7.11 Å². The molecule has 1 aromatic carbocycles. The summed E-state index contributed by atoms with van der Waals surface area (Å²) >= 11 is 0. The Morgan fingerprint density at radius 1 is 1.27 bits per heavy atom. The zero-order valence-electron chi connectivity index (χ0n) is 14.1. The van der Waals surface area contributed by atoms with Crippen molar-refractivity contribution in [3.05, 3.63) is 23.8 Å². The zero-order valence-corrected chi connectivity index (χ0v) is 14.9. The fourth-order valence-corrected chi connectivity index (χ4v) is 2.70. The minimum atomic E-state index is 0. The van der Waals surface area contributed by atoms with Crippen LogP contribution in [0.15, 0.2) is 18.2 Å². The van der Waals surface area contributed by atoms with Crippen molar-refractivity contribution in [1.82, 2.24) is 10.2 Å². The average molecular weight is 329 g/mol. The van der Waals surface area contributed by atoms with E-state index in [9.17, 15) is 0 Å². The predicted molar refractivity (Wildman–Crippen MR) is 93.4 cm³/mol. The van der Waals surface area contributed by atoms with Gasteiger partial charge in [0.25, 0.3) is 0 Å². The van der Waals surface area contributed by atoms with Crippen molar-refractivity contribution in [2.45, 2.75) is 45.8 Å². The molecule has 0 amide bonds. The third-order valence-corrected chi connectivity index (χ3v) is 3.97. The first-order valence-corrected chi connectivity index (χ1v) is 7.91. The molecule has 5 heteroatoms. The number of halogens is 1. The fourth-order valence-electron chi connectivity index (χ4n) is 2.70. The Morgan fingerprint density at radius 3 is 2.73 bits per heavy atom. The number of rotatable bonds is 6. The molecule has 1 fully saturated rings. The summed E-state index contributed by atoms with van der Waals surface area (Å²) in [5.74, 6) is 1.67. The van der Waals surface area contributed by atoms with Gasteiger partial charge >= 0.3 is 0 Å². The second-order valence-corrected chi connectivity index (χ2v) is 5.92. The molecule has 0 aliphatic carbocycles. The van der Waals surface area contributed by atoms with E-state index in [-0.39, 0.29) is 12.4 Å². The van der Waals surface area contributed by atoms with E-state index in [0.717, 1.165) is 44.2 Å². The SMILES string of the molecule is CCCOc1cc(CN2CC(C)NCC2C)ccc1OC.Cl.